The minimum atomic E-state index is -1.41. The van der Waals surface area contributed by atoms with Crippen LogP contribution in [0.15, 0.2) is 24.3 Å². The number of aliphatic carboxylic acids is 1. The summed E-state index contributed by atoms with van der Waals surface area (Å²) >= 11 is 0. The standard InChI is InChI=1S/C34H44N6O9/c1-4-48-34(47)39-15-13-38(14-16-39)33(46)26(19-29(41)42)37-30(43)25-18-28(23-11-10-20(2)17-24(23)36-25)49-21(3)32(45)40-12-6-9-27(40)31(44)35-22-7-5-8-22/h10-11,17-18,21-22,26-27H,4-9,12-16,19H2,1-3H3,(H,35,44)(H,37,43)(H,41,42)/t21-,26?,27?/m1/s1. The van der Waals surface area contributed by atoms with Crippen molar-refractivity contribution in [1.82, 2.24) is 30.3 Å². The van der Waals surface area contributed by atoms with Gasteiger partial charge in [-0.05, 0) is 70.6 Å². The molecule has 0 bridgehead atoms. The molecule has 5 rings (SSSR count). The zero-order valence-electron chi connectivity index (χ0n) is 28.1. The number of aromatic nitrogens is 1. The highest BCUT2D eigenvalue weighted by atomic mass is 16.6. The summed E-state index contributed by atoms with van der Waals surface area (Å²) in [7, 11) is 0. The summed E-state index contributed by atoms with van der Waals surface area (Å²) in [4.78, 5) is 86.3. The fourth-order valence-corrected chi connectivity index (χ4v) is 6.30. The number of nitrogens with zero attached hydrogens (tertiary/aromatic N) is 4. The van der Waals surface area contributed by atoms with E-state index in [2.05, 4.69) is 15.6 Å². The Hall–Kier alpha value is -4.95. The number of amides is 5. The number of carbonyl (C=O) groups is 6. The topological polar surface area (TPSA) is 188 Å². The highest BCUT2D eigenvalue weighted by Gasteiger charge is 2.38. The van der Waals surface area contributed by atoms with Gasteiger partial charge in [0.1, 0.15) is 23.5 Å². The van der Waals surface area contributed by atoms with Crippen molar-refractivity contribution in [3.8, 4) is 5.75 Å². The molecule has 2 aliphatic heterocycles. The third-order valence-electron chi connectivity index (χ3n) is 9.20. The van der Waals surface area contributed by atoms with Crippen molar-refractivity contribution >= 4 is 46.6 Å². The maximum Gasteiger partial charge on any atom is 0.409 e. The number of carbonyl (C=O) groups excluding carboxylic acids is 5. The summed E-state index contributed by atoms with van der Waals surface area (Å²) in [5, 5.41) is 15.7. The molecule has 0 spiro atoms. The summed E-state index contributed by atoms with van der Waals surface area (Å²) < 4.78 is 11.2. The average molecular weight is 681 g/mol. The number of fused-ring (bicyclic) bond motifs is 1. The van der Waals surface area contributed by atoms with Gasteiger partial charge in [0.25, 0.3) is 11.8 Å². The van der Waals surface area contributed by atoms with E-state index in [1.165, 1.54) is 15.9 Å². The first-order valence-corrected chi connectivity index (χ1v) is 16.9. The molecule has 15 heteroatoms. The van der Waals surface area contributed by atoms with Gasteiger partial charge in [0.2, 0.25) is 11.8 Å². The van der Waals surface area contributed by atoms with E-state index in [-0.39, 0.29) is 62.1 Å². The SMILES string of the molecule is CCOC(=O)N1CCN(C(=O)C(CC(=O)O)NC(=O)c2cc(O[C@H](C)C(=O)N3CCCC3C(=O)NC3CCC3)c3ccc(C)cc3n2)CC1. The maximum atomic E-state index is 13.6. The number of ether oxygens (including phenoxy) is 2. The van der Waals surface area contributed by atoms with Crippen LogP contribution in [0.2, 0.25) is 0 Å². The van der Waals surface area contributed by atoms with Gasteiger partial charge in [0.15, 0.2) is 6.10 Å². The predicted octanol–water partition coefficient (Wildman–Crippen LogP) is 1.84. The molecule has 5 amide bonds. The Bertz CT molecular complexity index is 1600. The number of aryl methyl sites for hydroxylation is 1. The van der Waals surface area contributed by atoms with E-state index in [1.54, 1.807) is 30.9 Å². The molecule has 3 N–H and O–H groups in total. The summed E-state index contributed by atoms with van der Waals surface area (Å²) in [6.45, 7) is 6.46. The summed E-state index contributed by atoms with van der Waals surface area (Å²) in [6.07, 6.45) is 2.05. The smallest absolute Gasteiger partial charge is 0.409 e. The van der Waals surface area contributed by atoms with Gasteiger partial charge >= 0.3 is 12.1 Å². The lowest BCUT2D eigenvalue weighted by atomic mass is 9.93. The third kappa shape index (κ3) is 8.38. The van der Waals surface area contributed by atoms with Crippen LogP contribution in [0.25, 0.3) is 10.9 Å². The fraction of sp³-hybridized carbons (Fsp3) is 0.559. The molecule has 2 unspecified atom stereocenters. The molecule has 3 fully saturated rings. The Kier molecular flexibility index (Phi) is 11.2. The maximum absolute atomic E-state index is 13.6. The minimum Gasteiger partial charge on any atom is -0.481 e. The minimum absolute atomic E-state index is 0.137. The summed E-state index contributed by atoms with van der Waals surface area (Å²) in [5.41, 5.74) is 1.12. The van der Waals surface area contributed by atoms with E-state index in [1.807, 2.05) is 13.0 Å². The van der Waals surface area contributed by atoms with Crippen LogP contribution in [0.3, 0.4) is 0 Å². The molecule has 49 heavy (non-hydrogen) atoms. The van der Waals surface area contributed by atoms with Gasteiger partial charge in [-0.3, -0.25) is 24.0 Å². The van der Waals surface area contributed by atoms with Crippen molar-refractivity contribution < 1.29 is 43.3 Å². The van der Waals surface area contributed by atoms with Crippen LogP contribution in [0, 0.1) is 6.92 Å². The first-order valence-electron chi connectivity index (χ1n) is 16.9. The summed E-state index contributed by atoms with van der Waals surface area (Å²) in [6, 6.07) is 4.89. The van der Waals surface area contributed by atoms with Crippen LogP contribution in [0.4, 0.5) is 4.79 Å². The molecular weight excluding hydrogens is 636 g/mol. The lowest BCUT2D eigenvalue weighted by molar-refractivity contribution is -0.143. The van der Waals surface area contributed by atoms with Crippen LogP contribution in [-0.2, 0) is 23.9 Å². The Labute approximate surface area is 284 Å². The monoisotopic (exact) mass is 680 g/mol. The molecule has 3 aliphatic rings. The number of nitrogens with one attached hydrogen (secondary N) is 2. The van der Waals surface area contributed by atoms with Crippen LogP contribution in [0.5, 0.6) is 5.75 Å². The first-order chi connectivity index (χ1) is 23.4. The highest BCUT2D eigenvalue weighted by molar-refractivity contribution is 6.00. The Balaban J connectivity index is 1.32. The molecule has 0 radical (unpaired) electrons. The number of benzene rings is 1. The molecule has 15 nitrogen and oxygen atoms in total. The third-order valence-corrected chi connectivity index (χ3v) is 9.20. The summed E-state index contributed by atoms with van der Waals surface area (Å²) in [5.74, 6) is -3.01. The van der Waals surface area contributed by atoms with Crippen LogP contribution in [-0.4, -0.2) is 124 Å². The molecule has 2 aromatic rings. The number of carboxylic acids is 1. The second-order valence-corrected chi connectivity index (χ2v) is 12.7. The molecule has 1 saturated carbocycles. The Morgan fingerprint density at radius 3 is 2.33 bits per heavy atom. The second-order valence-electron chi connectivity index (χ2n) is 12.7. The Morgan fingerprint density at radius 2 is 1.67 bits per heavy atom. The highest BCUT2D eigenvalue weighted by Crippen LogP contribution is 2.29. The molecule has 1 aliphatic carbocycles. The molecular formula is C34H44N6O9. The molecule has 1 aromatic heterocycles. The molecule has 2 saturated heterocycles. The normalized spacial score (nSPS) is 19.1. The van der Waals surface area contributed by atoms with Gasteiger partial charge in [-0.2, -0.15) is 0 Å². The predicted molar refractivity (Wildman–Crippen MR) is 176 cm³/mol. The number of likely N-dealkylation sites (tertiary alicyclic amines) is 1. The van der Waals surface area contributed by atoms with E-state index in [9.17, 15) is 33.9 Å². The number of pyridine rings is 1. The number of carboxylic acid groups (broad SMARTS) is 1. The van der Waals surface area contributed by atoms with Gasteiger partial charge < -0.3 is 39.9 Å². The number of piperazine rings is 1. The second kappa shape index (κ2) is 15.5. The van der Waals surface area contributed by atoms with Gasteiger partial charge in [-0.1, -0.05) is 6.07 Å². The first kappa shape index (κ1) is 35.4. The number of rotatable bonds is 11. The molecule has 3 heterocycles. The van der Waals surface area contributed by atoms with E-state index in [4.69, 9.17) is 9.47 Å². The van der Waals surface area contributed by atoms with Crippen molar-refractivity contribution in [2.45, 2.75) is 83.5 Å². The quantitative estimate of drug-likeness (QED) is 0.316. The van der Waals surface area contributed by atoms with Crippen molar-refractivity contribution in [1.29, 1.82) is 0 Å². The van der Waals surface area contributed by atoms with Crippen LogP contribution < -0.4 is 15.4 Å². The van der Waals surface area contributed by atoms with Crippen LogP contribution in [0.1, 0.15) is 68.4 Å². The Morgan fingerprint density at radius 1 is 0.959 bits per heavy atom. The van der Waals surface area contributed by atoms with Crippen molar-refractivity contribution in [3.05, 3.63) is 35.5 Å². The molecule has 1 aromatic carbocycles. The van der Waals surface area contributed by atoms with Crippen molar-refractivity contribution in [3.63, 3.8) is 0 Å². The molecule has 264 valence electrons. The van der Waals surface area contributed by atoms with E-state index in [0.29, 0.717) is 30.3 Å². The fourth-order valence-electron chi connectivity index (χ4n) is 6.30. The lowest BCUT2D eigenvalue weighted by Crippen LogP contribution is -2.56. The van der Waals surface area contributed by atoms with Gasteiger partial charge in [-0.15, -0.1) is 0 Å². The van der Waals surface area contributed by atoms with Crippen LogP contribution >= 0.6 is 0 Å². The van der Waals surface area contributed by atoms with E-state index in [0.717, 1.165) is 24.8 Å². The largest absolute Gasteiger partial charge is 0.481 e. The van der Waals surface area contributed by atoms with Gasteiger partial charge in [0, 0.05) is 50.2 Å². The molecule has 3 atom stereocenters. The van der Waals surface area contributed by atoms with Crippen molar-refractivity contribution in [2.75, 3.05) is 39.3 Å². The average Bonchev–Trinajstić information content (AvgIpc) is 3.55. The zero-order valence-corrected chi connectivity index (χ0v) is 28.1. The lowest BCUT2D eigenvalue weighted by Gasteiger charge is -2.35. The van der Waals surface area contributed by atoms with Gasteiger partial charge in [0.05, 0.1) is 18.5 Å². The number of hydrogen-bond donors (Lipinski definition) is 3. The van der Waals surface area contributed by atoms with Gasteiger partial charge in [-0.25, -0.2) is 9.78 Å². The zero-order chi connectivity index (χ0) is 35.2. The number of hydrogen-bond acceptors (Lipinski definition) is 9. The van der Waals surface area contributed by atoms with Crippen molar-refractivity contribution in [2.24, 2.45) is 0 Å². The van der Waals surface area contributed by atoms with E-state index < -0.39 is 48.5 Å². The van der Waals surface area contributed by atoms with E-state index >= 15 is 0 Å².